The highest BCUT2D eigenvalue weighted by atomic mass is 19.1. The summed E-state index contributed by atoms with van der Waals surface area (Å²) >= 11 is 0. The second kappa shape index (κ2) is 8.84. The standard InChI is InChI=1S/C27H32FN7/c1-18-12-23-22(4-8-29-26(23)13-25(18)28)24-15-31-35-17-21(14-30-27(24)35)33-9-5-19(6-10-33)34-11-7-20(16-34)32(2)3/h4,8,12-15,17,19-20H,5-7,9-11,16H2,1-3H3. The lowest BCUT2D eigenvalue weighted by molar-refractivity contribution is 0.189. The van der Waals surface area contributed by atoms with Crippen molar-refractivity contribution in [2.45, 2.75) is 38.3 Å². The zero-order valence-corrected chi connectivity index (χ0v) is 20.7. The maximum absolute atomic E-state index is 14.1. The summed E-state index contributed by atoms with van der Waals surface area (Å²) in [5, 5.41) is 5.53. The molecule has 2 saturated heterocycles. The summed E-state index contributed by atoms with van der Waals surface area (Å²) in [6.45, 7) is 6.26. The number of rotatable bonds is 4. The van der Waals surface area contributed by atoms with Crippen LogP contribution in [-0.2, 0) is 0 Å². The fraction of sp³-hybridized carbons (Fsp3) is 0.444. The maximum Gasteiger partial charge on any atom is 0.162 e. The Kier molecular flexibility index (Phi) is 5.65. The molecule has 1 aromatic carbocycles. The zero-order valence-electron chi connectivity index (χ0n) is 20.7. The van der Waals surface area contributed by atoms with E-state index >= 15 is 0 Å². The molecule has 8 heteroatoms. The average molecular weight is 474 g/mol. The van der Waals surface area contributed by atoms with E-state index in [-0.39, 0.29) is 5.82 Å². The summed E-state index contributed by atoms with van der Waals surface area (Å²) in [5.41, 5.74) is 5.04. The van der Waals surface area contributed by atoms with Crippen molar-refractivity contribution in [3.05, 3.63) is 54.4 Å². The van der Waals surface area contributed by atoms with Crippen molar-refractivity contribution >= 4 is 22.2 Å². The van der Waals surface area contributed by atoms with Gasteiger partial charge in [0.15, 0.2) is 5.65 Å². The van der Waals surface area contributed by atoms with E-state index in [1.54, 1.807) is 13.1 Å². The smallest absolute Gasteiger partial charge is 0.162 e. The number of pyridine rings is 1. The molecule has 7 nitrogen and oxygen atoms in total. The summed E-state index contributed by atoms with van der Waals surface area (Å²) in [4.78, 5) is 16.7. The van der Waals surface area contributed by atoms with Gasteiger partial charge in [0.25, 0.3) is 0 Å². The molecule has 182 valence electrons. The monoisotopic (exact) mass is 473 g/mol. The molecule has 3 aromatic heterocycles. The van der Waals surface area contributed by atoms with Crippen LogP contribution in [0.5, 0.6) is 0 Å². The predicted molar refractivity (Wildman–Crippen MR) is 137 cm³/mol. The van der Waals surface area contributed by atoms with Gasteiger partial charge < -0.3 is 9.80 Å². The molecule has 1 atom stereocenters. The minimum absolute atomic E-state index is 0.240. The lowest BCUT2D eigenvalue weighted by Gasteiger charge is -2.37. The minimum atomic E-state index is -0.240. The molecule has 0 bridgehead atoms. The molecule has 35 heavy (non-hydrogen) atoms. The molecule has 0 saturated carbocycles. The number of hydrogen-bond acceptors (Lipinski definition) is 6. The van der Waals surface area contributed by atoms with Gasteiger partial charge in [0.05, 0.1) is 29.8 Å². The van der Waals surface area contributed by atoms with E-state index in [1.165, 1.54) is 38.4 Å². The normalized spacial score (nSPS) is 20.0. The fourth-order valence-corrected chi connectivity index (χ4v) is 5.74. The number of likely N-dealkylation sites (tertiary alicyclic amines) is 1. The second-order valence-corrected chi connectivity index (χ2v) is 10.2. The predicted octanol–water partition coefficient (Wildman–Crippen LogP) is 4.00. The van der Waals surface area contributed by atoms with E-state index in [2.05, 4.69) is 45.1 Å². The first kappa shape index (κ1) is 22.4. The Morgan fingerprint density at radius 3 is 2.60 bits per heavy atom. The van der Waals surface area contributed by atoms with Crippen LogP contribution in [0.1, 0.15) is 24.8 Å². The number of likely N-dealkylation sites (N-methyl/N-ethyl adjacent to an activating group) is 1. The van der Waals surface area contributed by atoms with Crippen molar-refractivity contribution in [1.82, 2.24) is 29.4 Å². The first-order chi connectivity index (χ1) is 17.0. The Balaban J connectivity index is 1.22. The topological polar surface area (TPSA) is 52.8 Å². The molecule has 0 radical (unpaired) electrons. The zero-order chi connectivity index (χ0) is 24.1. The summed E-state index contributed by atoms with van der Waals surface area (Å²) < 4.78 is 15.9. The number of benzene rings is 1. The largest absolute Gasteiger partial charge is 0.369 e. The SMILES string of the molecule is Cc1cc2c(-c3cnn4cc(N5CCC(N6CCC(N(C)C)C6)CC5)cnc34)ccnc2cc1F. The summed E-state index contributed by atoms with van der Waals surface area (Å²) in [7, 11) is 4.39. The number of halogens is 1. The van der Waals surface area contributed by atoms with Crippen molar-refractivity contribution in [1.29, 1.82) is 0 Å². The Labute approximate surface area is 205 Å². The van der Waals surface area contributed by atoms with Crippen LogP contribution in [0.25, 0.3) is 27.7 Å². The quantitative estimate of drug-likeness (QED) is 0.447. The van der Waals surface area contributed by atoms with Gasteiger partial charge in [0.2, 0.25) is 0 Å². The summed E-state index contributed by atoms with van der Waals surface area (Å²) in [6.07, 6.45) is 11.3. The third-order valence-corrected chi connectivity index (χ3v) is 7.93. The Morgan fingerprint density at radius 2 is 1.83 bits per heavy atom. The van der Waals surface area contributed by atoms with Gasteiger partial charge in [-0.1, -0.05) is 0 Å². The molecule has 0 N–H and O–H groups in total. The molecule has 2 fully saturated rings. The molecule has 5 heterocycles. The van der Waals surface area contributed by atoms with Crippen LogP contribution < -0.4 is 4.90 Å². The lowest BCUT2D eigenvalue weighted by Crippen LogP contribution is -2.45. The summed E-state index contributed by atoms with van der Waals surface area (Å²) in [5.74, 6) is -0.240. The third-order valence-electron chi connectivity index (χ3n) is 7.93. The van der Waals surface area contributed by atoms with E-state index in [9.17, 15) is 4.39 Å². The molecule has 0 aliphatic carbocycles. The minimum Gasteiger partial charge on any atom is -0.369 e. The van der Waals surface area contributed by atoms with Gasteiger partial charge in [-0.05, 0) is 63.5 Å². The van der Waals surface area contributed by atoms with Crippen LogP contribution in [0.2, 0.25) is 0 Å². The highest BCUT2D eigenvalue weighted by Crippen LogP contribution is 2.32. The van der Waals surface area contributed by atoms with Crippen molar-refractivity contribution in [3.63, 3.8) is 0 Å². The van der Waals surface area contributed by atoms with Crippen LogP contribution in [0.4, 0.5) is 10.1 Å². The molecular weight excluding hydrogens is 441 g/mol. The van der Waals surface area contributed by atoms with E-state index < -0.39 is 0 Å². The number of nitrogens with zero attached hydrogens (tertiary/aromatic N) is 7. The van der Waals surface area contributed by atoms with Crippen molar-refractivity contribution in [2.24, 2.45) is 0 Å². The Morgan fingerprint density at radius 1 is 1.00 bits per heavy atom. The summed E-state index contributed by atoms with van der Waals surface area (Å²) in [6, 6.07) is 6.68. The number of aryl methyl sites for hydroxylation is 1. The van der Waals surface area contributed by atoms with Crippen LogP contribution >= 0.6 is 0 Å². The van der Waals surface area contributed by atoms with E-state index in [0.717, 1.165) is 40.9 Å². The van der Waals surface area contributed by atoms with Crippen molar-refractivity contribution in [2.75, 3.05) is 45.2 Å². The first-order valence-corrected chi connectivity index (χ1v) is 12.5. The van der Waals surface area contributed by atoms with Gasteiger partial charge in [0.1, 0.15) is 5.82 Å². The number of fused-ring (bicyclic) bond motifs is 2. The van der Waals surface area contributed by atoms with Gasteiger partial charge in [0, 0.05) is 61.5 Å². The van der Waals surface area contributed by atoms with Gasteiger partial charge in [-0.3, -0.25) is 9.88 Å². The van der Waals surface area contributed by atoms with Crippen LogP contribution in [-0.4, -0.2) is 81.7 Å². The molecule has 2 aliphatic heterocycles. The average Bonchev–Trinajstić information content (AvgIpc) is 3.52. The van der Waals surface area contributed by atoms with E-state index in [4.69, 9.17) is 4.98 Å². The number of anilines is 1. The van der Waals surface area contributed by atoms with Gasteiger partial charge in [-0.2, -0.15) is 5.10 Å². The molecule has 6 rings (SSSR count). The highest BCUT2D eigenvalue weighted by molar-refractivity contribution is 5.98. The molecule has 1 unspecified atom stereocenters. The Bertz CT molecular complexity index is 1370. The number of piperidine rings is 1. The molecule has 2 aliphatic rings. The number of hydrogen-bond donors (Lipinski definition) is 0. The van der Waals surface area contributed by atoms with Crippen LogP contribution in [0.3, 0.4) is 0 Å². The van der Waals surface area contributed by atoms with Crippen molar-refractivity contribution < 1.29 is 4.39 Å². The first-order valence-electron chi connectivity index (χ1n) is 12.5. The van der Waals surface area contributed by atoms with Gasteiger partial charge in [-0.25, -0.2) is 13.9 Å². The van der Waals surface area contributed by atoms with Crippen LogP contribution in [0, 0.1) is 12.7 Å². The van der Waals surface area contributed by atoms with Crippen molar-refractivity contribution in [3.8, 4) is 11.1 Å². The van der Waals surface area contributed by atoms with Gasteiger partial charge in [-0.15, -0.1) is 0 Å². The molecular formula is C27H32FN7. The molecule has 0 amide bonds. The Hall–Kier alpha value is -3.10. The van der Waals surface area contributed by atoms with Crippen LogP contribution in [0.15, 0.2) is 43.0 Å². The second-order valence-electron chi connectivity index (χ2n) is 10.2. The van der Waals surface area contributed by atoms with E-state index in [0.29, 0.717) is 23.2 Å². The van der Waals surface area contributed by atoms with E-state index in [1.807, 2.05) is 29.0 Å². The molecule has 4 aromatic rings. The third kappa shape index (κ3) is 4.04. The maximum atomic E-state index is 14.1. The van der Waals surface area contributed by atoms with Gasteiger partial charge >= 0.3 is 0 Å². The lowest BCUT2D eigenvalue weighted by atomic mass is 10.0. The molecule has 0 spiro atoms. The number of aromatic nitrogens is 4. The fourth-order valence-electron chi connectivity index (χ4n) is 5.74. The highest BCUT2D eigenvalue weighted by Gasteiger charge is 2.31.